The molecule has 0 bridgehead atoms. The van der Waals surface area contributed by atoms with Crippen LogP contribution < -0.4 is 0 Å². The smallest absolute Gasteiger partial charge is 0.222 e. The first kappa shape index (κ1) is 20.2. The number of benzene rings is 1. The van der Waals surface area contributed by atoms with Crippen molar-refractivity contribution in [2.24, 2.45) is 5.92 Å². The molecular formula is C18H25ClFNO3S. The molecule has 0 aromatic heterocycles. The third-order valence-corrected chi connectivity index (χ3v) is 7.49. The maximum absolute atomic E-state index is 13.8. The fourth-order valence-electron chi connectivity index (χ4n) is 3.23. The monoisotopic (exact) mass is 389 g/mol. The van der Waals surface area contributed by atoms with Gasteiger partial charge in [0.1, 0.15) is 5.82 Å². The van der Waals surface area contributed by atoms with Gasteiger partial charge in [0, 0.05) is 30.1 Å². The normalized spacial score (nSPS) is 16.4. The molecule has 0 N–H and O–H groups in total. The molecule has 1 aromatic carbocycles. The van der Waals surface area contributed by atoms with E-state index in [2.05, 4.69) is 0 Å². The average Bonchev–Trinajstić information content (AvgIpc) is 2.53. The summed E-state index contributed by atoms with van der Waals surface area (Å²) in [6, 6.07) is 4.47. The predicted molar refractivity (Wildman–Crippen MR) is 98.0 cm³/mol. The standard InChI is InChI=1S/C18H25ClFNO3S/c1-13(2)12-25(23,24)14-8-10-21(11-9-14)18(22)7-6-15-16(19)4-3-5-17(15)20/h3-5,13-14H,6-12H2,1-2H3. The zero-order valence-electron chi connectivity index (χ0n) is 14.7. The number of hydrogen-bond donors (Lipinski definition) is 0. The molecule has 4 nitrogen and oxygen atoms in total. The van der Waals surface area contributed by atoms with Gasteiger partial charge in [-0.3, -0.25) is 4.79 Å². The van der Waals surface area contributed by atoms with E-state index in [0.29, 0.717) is 36.5 Å². The second-order valence-corrected chi connectivity index (χ2v) is 9.74. The summed E-state index contributed by atoms with van der Waals surface area (Å²) >= 11 is 5.98. The quantitative estimate of drug-likeness (QED) is 0.748. The van der Waals surface area contributed by atoms with Crippen LogP contribution >= 0.6 is 11.6 Å². The van der Waals surface area contributed by atoms with Gasteiger partial charge in [0.25, 0.3) is 0 Å². The first-order valence-corrected chi connectivity index (χ1v) is 10.7. The summed E-state index contributed by atoms with van der Waals surface area (Å²) in [5, 5.41) is -0.0359. The number of sulfone groups is 1. The molecular weight excluding hydrogens is 365 g/mol. The van der Waals surface area contributed by atoms with Crippen LogP contribution in [0.3, 0.4) is 0 Å². The zero-order valence-corrected chi connectivity index (χ0v) is 16.2. The topological polar surface area (TPSA) is 54.5 Å². The molecule has 7 heteroatoms. The fourth-order valence-corrected chi connectivity index (χ4v) is 5.61. The van der Waals surface area contributed by atoms with Gasteiger partial charge in [-0.05, 0) is 37.3 Å². The molecule has 25 heavy (non-hydrogen) atoms. The summed E-state index contributed by atoms with van der Waals surface area (Å²) < 4.78 is 38.4. The SMILES string of the molecule is CC(C)CS(=O)(=O)C1CCN(C(=O)CCc2c(F)cccc2Cl)CC1. The van der Waals surface area contributed by atoms with Gasteiger partial charge in [-0.2, -0.15) is 0 Å². The highest BCUT2D eigenvalue weighted by Crippen LogP contribution is 2.23. The summed E-state index contributed by atoms with van der Waals surface area (Å²) in [4.78, 5) is 14.0. The maximum Gasteiger partial charge on any atom is 0.222 e. The Morgan fingerprint density at radius 1 is 1.32 bits per heavy atom. The Kier molecular flexibility index (Phi) is 6.86. The minimum atomic E-state index is -3.10. The van der Waals surface area contributed by atoms with Gasteiger partial charge < -0.3 is 4.90 Å². The number of nitrogens with zero attached hydrogens (tertiary/aromatic N) is 1. The highest BCUT2D eigenvalue weighted by molar-refractivity contribution is 7.92. The van der Waals surface area contributed by atoms with Crippen molar-refractivity contribution in [3.05, 3.63) is 34.6 Å². The molecule has 0 unspecified atom stereocenters. The number of halogens is 2. The number of carbonyl (C=O) groups is 1. The van der Waals surface area contributed by atoms with Gasteiger partial charge in [-0.25, -0.2) is 12.8 Å². The number of carbonyl (C=O) groups excluding carboxylic acids is 1. The van der Waals surface area contributed by atoms with E-state index in [4.69, 9.17) is 11.6 Å². The van der Waals surface area contributed by atoms with Crippen LogP contribution in [0, 0.1) is 11.7 Å². The van der Waals surface area contributed by atoms with Crippen LogP contribution in [0.4, 0.5) is 4.39 Å². The summed E-state index contributed by atoms with van der Waals surface area (Å²) in [5.74, 6) is -0.190. The third-order valence-electron chi connectivity index (χ3n) is 4.52. The lowest BCUT2D eigenvalue weighted by Crippen LogP contribution is -2.43. The van der Waals surface area contributed by atoms with E-state index in [0.717, 1.165) is 0 Å². The zero-order chi connectivity index (χ0) is 18.6. The first-order valence-electron chi connectivity index (χ1n) is 8.63. The Hall–Kier alpha value is -1.14. The van der Waals surface area contributed by atoms with Gasteiger partial charge in [-0.1, -0.05) is 31.5 Å². The highest BCUT2D eigenvalue weighted by atomic mass is 35.5. The van der Waals surface area contributed by atoms with E-state index in [9.17, 15) is 17.6 Å². The van der Waals surface area contributed by atoms with Gasteiger partial charge in [0.15, 0.2) is 9.84 Å². The van der Waals surface area contributed by atoms with Crippen molar-refractivity contribution in [1.29, 1.82) is 0 Å². The Morgan fingerprint density at radius 2 is 1.96 bits per heavy atom. The van der Waals surface area contributed by atoms with Crippen molar-refractivity contribution in [3.63, 3.8) is 0 Å². The van der Waals surface area contributed by atoms with Crippen molar-refractivity contribution in [2.45, 2.75) is 44.8 Å². The van der Waals surface area contributed by atoms with E-state index in [1.54, 1.807) is 11.0 Å². The minimum Gasteiger partial charge on any atom is -0.343 e. The van der Waals surface area contributed by atoms with E-state index in [1.807, 2.05) is 13.8 Å². The lowest BCUT2D eigenvalue weighted by atomic mass is 10.1. The van der Waals surface area contributed by atoms with Gasteiger partial charge in [-0.15, -0.1) is 0 Å². The molecule has 1 heterocycles. The van der Waals surface area contributed by atoms with Crippen molar-refractivity contribution in [2.75, 3.05) is 18.8 Å². The lowest BCUT2D eigenvalue weighted by molar-refractivity contribution is -0.132. The lowest BCUT2D eigenvalue weighted by Gasteiger charge is -2.32. The Bertz CT molecular complexity index is 693. The molecule has 1 saturated heterocycles. The van der Waals surface area contributed by atoms with E-state index < -0.39 is 15.7 Å². The average molecular weight is 390 g/mol. The maximum atomic E-state index is 13.8. The fraction of sp³-hybridized carbons (Fsp3) is 0.611. The molecule has 140 valence electrons. The Morgan fingerprint density at radius 3 is 2.52 bits per heavy atom. The molecule has 0 radical (unpaired) electrons. The molecule has 1 aromatic rings. The van der Waals surface area contributed by atoms with Crippen LogP contribution in [0.25, 0.3) is 0 Å². The van der Waals surface area contributed by atoms with E-state index in [1.165, 1.54) is 12.1 Å². The van der Waals surface area contributed by atoms with Gasteiger partial charge in [0.05, 0.1) is 11.0 Å². The summed E-state index contributed by atoms with van der Waals surface area (Å²) in [5.41, 5.74) is 0.354. The highest BCUT2D eigenvalue weighted by Gasteiger charge is 2.31. The first-order chi connectivity index (χ1) is 11.7. The summed E-state index contributed by atoms with van der Waals surface area (Å²) in [7, 11) is -3.10. The molecule has 0 atom stereocenters. The predicted octanol–water partition coefficient (Wildman–Crippen LogP) is 3.47. The molecule has 1 aliphatic heterocycles. The molecule has 1 aliphatic rings. The van der Waals surface area contributed by atoms with Crippen molar-refractivity contribution >= 4 is 27.3 Å². The van der Waals surface area contributed by atoms with Crippen molar-refractivity contribution in [3.8, 4) is 0 Å². The Labute approximate surface area is 154 Å². The summed E-state index contributed by atoms with van der Waals surface area (Å²) in [6.07, 6.45) is 1.36. The van der Waals surface area contributed by atoms with Crippen LogP contribution in [-0.4, -0.2) is 43.3 Å². The number of amides is 1. The Balaban J connectivity index is 1.87. The molecule has 0 aliphatic carbocycles. The van der Waals surface area contributed by atoms with Gasteiger partial charge >= 0.3 is 0 Å². The molecule has 2 rings (SSSR count). The number of rotatable bonds is 6. The number of hydrogen-bond acceptors (Lipinski definition) is 3. The summed E-state index contributed by atoms with van der Waals surface area (Å²) in [6.45, 7) is 4.66. The third kappa shape index (κ3) is 5.42. The number of piperidine rings is 1. The molecule has 0 saturated carbocycles. The van der Waals surface area contributed by atoms with Crippen LogP contribution in [0.15, 0.2) is 18.2 Å². The van der Waals surface area contributed by atoms with Crippen molar-refractivity contribution in [1.82, 2.24) is 4.90 Å². The molecule has 1 fully saturated rings. The minimum absolute atomic E-state index is 0.0842. The van der Waals surface area contributed by atoms with Gasteiger partial charge in [0.2, 0.25) is 5.91 Å². The van der Waals surface area contributed by atoms with Crippen LogP contribution in [0.5, 0.6) is 0 Å². The molecule has 0 spiro atoms. The van der Waals surface area contributed by atoms with E-state index >= 15 is 0 Å². The second-order valence-electron chi connectivity index (χ2n) is 7.00. The van der Waals surface area contributed by atoms with E-state index in [-0.39, 0.29) is 35.7 Å². The second kappa shape index (κ2) is 8.49. The molecule has 1 amide bonds. The largest absolute Gasteiger partial charge is 0.343 e. The van der Waals surface area contributed by atoms with Crippen LogP contribution in [0.2, 0.25) is 5.02 Å². The number of likely N-dealkylation sites (tertiary alicyclic amines) is 1. The van der Waals surface area contributed by atoms with Crippen LogP contribution in [-0.2, 0) is 21.1 Å². The van der Waals surface area contributed by atoms with Crippen molar-refractivity contribution < 1.29 is 17.6 Å². The van der Waals surface area contributed by atoms with Crippen LogP contribution in [0.1, 0.15) is 38.7 Å².